The molecule has 1 heterocycles. The van der Waals surface area contributed by atoms with Gasteiger partial charge in [-0.15, -0.1) is 0 Å². The van der Waals surface area contributed by atoms with Gasteiger partial charge in [0.05, 0.1) is 12.2 Å². The summed E-state index contributed by atoms with van der Waals surface area (Å²) < 4.78 is 5.94. The van der Waals surface area contributed by atoms with Gasteiger partial charge in [0.15, 0.2) is 0 Å². The number of hydrogen-bond acceptors (Lipinski definition) is 5. The van der Waals surface area contributed by atoms with E-state index in [1.807, 2.05) is 12.1 Å². The normalized spacial score (nSPS) is 10.2. The van der Waals surface area contributed by atoms with Crippen LogP contribution in [0.3, 0.4) is 0 Å². The van der Waals surface area contributed by atoms with E-state index in [1.54, 1.807) is 6.92 Å². The van der Waals surface area contributed by atoms with E-state index < -0.39 is 5.97 Å². The summed E-state index contributed by atoms with van der Waals surface area (Å²) >= 11 is 3.41. The first-order valence-electron chi connectivity index (χ1n) is 6.66. The van der Waals surface area contributed by atoms with E-state index in [9.17, 15) is 4.79 Å². The van der Waals surface area contributed by atoms with Gasteiger partial charge in [0.1, 0.15) is 0 Å². The highest BCUT2D eigenvalue weighted by Crippen LogP contribution is 2.11. The van der Waals surface area contributed by atoms with E-state index in [0.717, 1.165) is 17.4 Å². The third-order valence-corrected chi connectivity index (χ3v) is 3.30. The fourth-order valence-corrected chi connectivity index (χ4v) is 1.97. The molecular weight excluding hydrogens is 334 g/mol. The predicted octanol–water partition coefficient (Wildman–Crippen LogP) is 3.07. The largest absolute Gasteiger partial charge is 0.462 e. The molecule has 0 saturated heterocycles. The van der Waals surface area contributed by atoms with Crippen molar-refractivity contribution in [3.05, 3.63) is 52.3 Å². The van der Waals surface area contributed by atoms with Crippen molar-refractivity contribution in [1.29, 1.82) is 0 Å². The van der Waals surface area contributed by atoms with E-state index in [2.05, 4.69) is 43.3 Å². The van der Waals surface area contributed by atoms with Crippen molar-refractivity contribution in [1.82, 2.24) is 9.97 Å². The molecule has 0 amide bonds. The summed E-state index contributed by atoms with van der Waals surface area (Å²) in [6, 6.07) is 8.16. The Balaban J connectivity index is 1.83. The van der Waals surface area contributed by atoms with E-state index in [-0.39, 0.29) is 0 Å². The summed E-state index contributed by atoms with van der Waals surface area (Å²) in [5.41, 5.74) is 1.59. The van der Waals surface area contributed by atoms with Crippen LogP contribution in [0.4, 0.5) is 5.95 Å². The first kappa shape index (κ1) is 15.4. The lowest BCUT2D eigenvalue weighted by Gasteiger charge is -2.06. The Morgan fingerprint density at radius 1 is 1.24 bits per heavy atom. The van der Waals surface area contributed by atoms with Crippen LogP contribution in [-0.2, 0) is 11.2 Å². The second-order valence-electron chi connectivity index (χ2n) is 4.32. The molecule has 2 aromatic rings. The number of ether oxygens (including phenoxy) is 1. The topological polar surface area (TPSA) is 64.1 Å². The summed E-state index contributed by atoms with van der Waals surface area (Å²) in [5.74, 6) is 0.0964. The Labute approximate surface area is 131 Å². The number of aromatic nitrogens is 2. The van der Waals surface area contributed by atoms with Crippen molar-refractivity contribution in [3.8, 4) is 0 Å². The van der Waals surface area contributed by atoms with Crippen LogP contribution in [0.1, 0.15) is 22.8 Å². The summed E-state index contributed by atoms with van der Waals surface area (Å²) in [5, 5.41) is 3.12. The zero-order chi connectivity index (χ0) is 15.1. The first-order chi connectivity index (χ1) is 10.2. The maximum Gasteiger partial charge on any atom is 0.341 e. The Bertz CT molecular complexity index is 585. The molecule has 0 saturated carbocycles. The molecule has 1 aromatic heterocycles. The van der Waals surface area contributed by atoms with Crippen LogP contribution >= 0.6 is 15.9 Å². The van der Waals surface area contributed by atoms with Gasteiger partial charge in [-0.05, 0) is 31.0 Å². The van der Waals surface area contributed by atoms with Crippen molar-refractivity contribution in [2.24, 2.45) is 0 Å². The fourth-order valence-electron chi connectivity index (χ4n) is 1.71. The van der Waals surface area contributed by atoms with Gasteiger partial charge in [-0.2, -0.15) is 0 Å². The minimum Gasteiger partial charge on any atom is -0.462 e. The molecule has 5 nitrogen and oxygen atoms in total. The van der Waals surface area contributed by atoms with Gasteiger partial charge in [0, 0.05) is 23.4 Å². The third-order valence-electron chi connectivity index (χ3n) is 2.77. The molecular formula is C15H16BrN3O2. The number of hydrogen-bond donors (Lipinski definition) is 1. The smallest absolute Gasteiger partial charge is 0.341 e. The minimum absolute atomic E-state index is 0.339. The van der Waals surface area contributed by atoms with Gasteiger partial charge in [0.2, 0.25) is 5.95 Å². The van der Waals surface area contributed by atoms with Gasteiger partial charge < -0.3 is 10.1 Å². The Morgan fingerprint density at radius 3 is 2.52 bits per heavy atom. The average Bonchev–Trinajstić information content (AvgIpc) is 2.50. The number of nitrogens with zero attached hydrogens (tertiary/aromatic N) is 2. The highest BCUT2D eigenvalue weighted by Gasteiger charge is 2.07. The summed E-state index contributed by atoms with van der Waals surface area (Å²) in [7, 11) is 0. The molecule has 21 heavy (non-hydrogen) atoms. The molecule has 1 N–H and O–H groups in total. The standard InChI is InChI=1S/C15H16BrN3O2/c1-2-21-14(20)12-9-18-15(19-10-12)17-8-7-11-3-5-13(16)6-4-11/h3-6,9-10H,2,7-8H2,1H3,(H,17,18,19). The SMILES string of the molecule is CCOC(=O)c1cnc(NCCc2ccc(Br)cc2)nc1. The number of anilines is 1. The number of nitrogens with one attached hydrogen (secondary N) is 1. The van der Waals surface area contributed by atoms with Crippen LogP contribution in [0, 0.1) is 0 Å². The molecule has 2 rings (SSSR count). The second kappa shape index (κ2) is 7.73. The van der Waals surface area contributed by atoms with Gasteiger partial charge in [-0.1, -0.05) is 28.1 Å². The molecule has 0 aliphatic rings. The van der Waals surface area contributed by atoms with Crippen LogP contribution < -0.4 is 5.32 Å². The monoisotopic (exact) mass is 349 g/mol. The van der Waals surface area contributed by atoms with Crippen molar-refractivity contribution >= 4 is 27.8 Å². The molecule has 0 spiro atoms. The number of carbonyl (C=O) groups excluding carboxylic acids is 1. The molecule has 110 valence electrons. The predicted molar refractivity (Wildman–Crippen MR) is 84.3 cm³/mol. The minimum atomic E-state index is -0.404. The average molecular weight is 350 g/mol. The molecule has 0 radical (unpaired) electrons. The molecule has 6 heteroatoms. The zero-order valence-corrected chi connectivity index (χ0v) is 13.3. The number of carbonyl (C=O) groups is 1. The van der Waals surface area contributed by atoms with Crippen LogP contribution in [0.5, 0.6) is 0 Å². The van der Waals surface area contributed by atoms with Crippen LogP contribution in [-0.4, -0.2) is 29.1 Å². The second-order valence-corrected chi connectivity index (χ2v) is 5.23. The van der Waals surface area contributed by atoms with E-state index >= 15 is 0 Å². The zero-order valence-electron chi connectivity index (χ0n) is 11.7. The lowest BCUT2D eigenvalue weighted by atomic mass is 10.1. The number of esters is 1. The first-order valence-corrected chi connectivity index (χ1v) is 7.46. The Hall–Kier alpha value is -1.95. The van der Waals surface area contributed by atoms with Crippen molar-refractivity contribution in [2.45, 2.75) is 13.3 Å². The van der Waals surface area contributed by atoms with Crippen molar-refractivity contribution < 1.29 is 9.53 Å². The maximum atomic E-state index is 11.5. The van der Waals surface area contributed by atoms with E-state index in [4.69, 9.17) is 4.74 Å². The van der Waals surface area contributed by atoms with E-state index in [1.165, 1.54) is 18.0 Å². The van der Waals surface area contributed by atoms with E-state index in [0.29, 0.717) is 18.1 Å². The molecule has 0 fully saturated rings. The van der Waals surface area contributed by atoms with Crippen molar-refractivity contribution in [3.63, 3.8) is 0 Å². The van der Waals surface area contributed by atoms with Crippen molar-refractivity contribution in [2.75, 3.05) is 18.5 Å². The molecule has 1 aromatic carbocycles. The highest BCUT2D eigenvalue weighted by atomic mass is 79.9. The molecule has 0 aliphatic carbocycles. The van der Waals surface area contributed by atoms with Crippen LogP contribution in [0.25, 0.3) is 0 Å². The lowest BCUT2D eigenvalue weighted by Crippen LogP contribution is -2.10. The molecule has 0 aliphatic heterocycles. The maximum absolute atomic E-state index is 11.5. The molecule has 0 unspecified atom stereocenters. The van der Waals surface area contributed by atoms with Crippen LogP contribution in [0.2, 0.25) is 0 Å². The summed E-state index contributed by atoms with van der Waals surface area (Å²) in [6.45, 7) is 2.82. The summed E-state index contributed by atoms with van der Waals surface area (Å²) in [4.78, 5) is 19.6. The van der Waals surface area contributed by atoms with Gasteiger partial charge in [-0.3, -0.25) is 0 Å². The Morgan fingerprint density at radius 2 is 1.90 bits per heavy atom. The third kappa shape index (κ3) is 4.82. The van der Waals surface area contributed by atoms with Gasteiger partial charge >= 0.3 is 5.97 Å². The quantitative estimate of drug-likeness (QED) is 0.812. The van der Waals surface area contributed by atoms with Gasteiger partial charge in [0.25, 0.3) is 0 Å². The highest BCUT2D eigenvalue weighted by molar-refractivity contribution is 9.10. The van der Waals surface area contributed by atoms with Gasteiger partial charge in [-0.25, -0.2) is 14.8 Å². The lowest BCUT2D eigenvalue weighted by molar-refractivity contribution is 0.0525. The Kier molecular flexibility index (Phi) is 5.68. The number of benzene rings is 1. The number of rotatable bonds is 6. The molecule has 0 atom stereocenters. The fraction of sp³-hybridized carbons (Fsp3) is 0.267. The summed E-state index contributed by atoms with van der Waals surface area (Å²) in [6.07, 6.45) is 3.80. The number of halogens is 1. The van der Waals surface area contributed by atoms with Crippen LogP contribution in [0.15, 0.2) is 41.1 Å². The molecule has 0 bridgehead atoms.